The van der Waals surface area contributed by atoms with Gasteiger partial charge in [-0.05, 0) is 42.0 Å². The first-order chi connectivity index (χ1) is 9.74. The fraction of sp³-hybridized carbons (Fsp3) is 0.647. The summed E-state index contributed by atoms with van der Waals surface area (Å²) in [7, 11) is 0. The predicted molar refractivity (Wildman–Crippen MR) is 81.6 cm³/mol. The molecule has 3 heteroatoms. The van der Waals surface area contributed by atoms with Crippen molar-refractivity contribution >= 4 is 11.6 Å². The largest absolute Gasteiger partial charge is 0.493 e. The maximum atomic E-state index is 10.6. The third-order valence-electron chi connectivity index (χ3n) is 4.70. The number of ether oxygens (including phenoxy) is 1. The second-order valence-electron chi connectivity index (χ2n) is 6.17. The van der Waals surface area contributed by atoms with Gasteiger partial charge >= 0.3 is 0 Å². The second kappa shape index (κ2) is 6.36. The Kier molecular flexibility index (Phi) is 4.52. The van der Waals surface area contributed by atoms with E-state index in [1.165, 1.54) is 31.2 Å². The number of halogens is 1. The van der Waals surface area contributed by atoms with E-state index in [0.717, 1.165) is 42.2 Å². The fourth-order valence-electron chi connectivity index (χ4n) is 3.59. The topological polar surface area (TPSA) is 29.5 Å². The van der Waals surface area contributed by atoms with Crippen LogP contribution in [-0.4, -0.2) is 17.8 Å². The molecule has 1 aromatic rings. The van der Waals surface area contributed by atoms with Crippen molar-refractivity contribution in [2.45, 2.75) is 57.5 Å². The van der Waals surface area contributed by atoms with Gasteiger partial charge in [-0.25, -0.2) is 0 Å². The molecule has 1 fully saturated rings. The van der Waals surface area contributed by atoms with Gasteiger partial charge in [0, 0.05) is 17.9 Å². The number of fused-ring (bicyclic) bond motifs is 1. The average molecular weight is 295 g/mol. The number of aliphatic hydroxyl groups excluding tert-OH is 1. The van der Waals surface area contributed by atoms with Crippen LogP contribution >= 0.6 is 11.6 Å². The van der Waals surface area contributed by atoms with E-state index >= 15 is 0 Å². The smallest absolute Gasteiger partial charge is 0.126 e. The molecule has 0 saturated heterocycles. The van der Waals surface area contributed by atoms with Crippen molar-refractivity contribution in [1.82, 2.24) is 0 Å². The zero-order valence-corrected chi connectivity index (χ0v) is 12.7. The van der Waals surface area contributed by atoms with E-state index in [4.69, 9.17) is 16.3 Å². The van der Waals surface area contributed by atoms with Crippen LogP contribution in [0.1, 0.15) is 49.7 Å². The Morgan fingerprint density at radius 2 is 1.95 bits per heavy atom. The second-order valence-corrected chi connectivity index (χ2v) is 6.61. The molecule has 110 valence electrons. The Morgan fingerprint density at radius 3 is 2.70 bits per heavy atom. The summed E-state index contributed by atoms with van der Waals surface area (Å²) < 4.78 is 5.73. The molecular weight excluding hydrogens is 272 g/mol. The van der Waals surface area contributed by atoms with Gasteiger partial charge in [0.15, 0.2) is 0 Å². The zero-order valence-electron chi connectivity index (χ0n) is 11.9. The first-order valence-electron chi connectivity index (χ1n) is 7.86. The molecule has 0 aromatic heterocycles. The van der Waals surface area contributed by atoms with E-state index in [2.05, 4.69) is 0 Å². The summed E-state index contributed by atoms with van der Waals surface area (Å²) in [6, 6.07) is 3.96. The summed E-state index contributed by atoms with van der Waals surface area (Å²) in [5.41, 5.74) is 2.28. The summed E-state index contributed by atoms with van der Waals surface area (Å²) >= 11 is 6.19. The highest BCUT2D eigenvalue weighted by molar-refractivity contribution is 6.30. The molecule has 2 aliphatic rings. The molecule has 1 unspecified atom stereocenters. The van der Waals surface area contributed by atoms with Crippen LogP contribution in [0.5, 0.6) is 5.75 Å². The Bertz CT molecular complexity index is 464. The number of rotatable bonds is 3. The average Bonchev–Trinajstić information content (AvgIpc) is 2.72. The van der Waals surface area contributed by atoms with Gasteiger partial charge in [-0.1, -0.05) is 37.3 Å². The van der Waals surface area contributed by atoms with E-state index < -0.39 is 0 Å². The standard InChI is InChI=1S/C17H23ClO2/c18-15-9-13-7-8-20-17(13)14(10-15)11-16(19)12-5-3-1-2-4-6-12/h9-10,12,16,19H,1-8,11H2. The van der Waals surface area contributed by atoms with Gasteiger partial charge in [-0.2, -0.15) is 0 Å². The van der Waals surface area contributed by atoms with Crippen LogP contribution < -0.4 is 4.74 Å². The molecule has 0 radical (unpaired) electrons. The lowest BCUT2D eigenvalue weighted by Crippen LogP contribution is -2.22. The molecule has 1 atom stereocenters. The van der Waals surface area contributed by atoms with Crippen LogP contribution in [0.25, 0.3) is 0 Å². The molecule has 1 saturated carbocycles. The Balaban J connectivity index is 1.73. The molecule has 2 nitrogen and oxygen atoms in total. The monoisotopic (exact) mass is 294 g/mol. The molecule has 1 aromatic carbocycles. The maximum Gasteiger partial charge on any atom is 0.126 e. The van der Waals surface area contributed by atoms with Crippen molar-refractivity contribution in [3.63, 3.8) is 0 Å². The van der Waals surface area contributed by atoms with Crippen LogP contribution in [-0.2, 0) is 12.8 Å². The number of hydrogen-bond acceptors (Lipinski definition) is 2. The summed E-state index contributed by atoms with van der Waals surface area (Å²) in [5.74, 6) is 1.41. The first kappa shape index (κ1) is 14.2. The lowest BCUT2D eigenvalue weighted by atomic mass is 9.89. The number of aliphatic hydroxyl groups is 1. The van der Waals surface area contributed by atoms with Gasteiger partial charge in [0.05, 0.1) is 12.7 Å². The molecule has 3 rings (SSSR count). The number of hydrogen-bond donors (Lipinski definition) is 1. The van der Waals surface area contributed by atoms with Crippen LogP contribution in [0.15, 0.2) is 12.1 Å². The van der Waals surface area contributed by atoms with Gasteiger partial charge in [-0.3, -0.25) is 0 Å². The van der Waals surface area contributed by atoms with Crippen LogP contribution in [0.3, 0.4) is 0 Å². The van der Waals surface area contributed by atoms with E-state index in [-0.39, 0.29) is 6.10 Å². The van der Waals surface area contributed by atoms with Crippen LogP contribution in [0, 0.1) is 5.92 Å². The molecular formula is C17H23ClO2. The minimum atomic E-state index is -0.264. The third kappa shape index (κ3) is 3.12. The van der Waals surface area contributed by atoms with E-state index in [1.807, 2.05) is 12.1 Å². The summed E-state index contributed by atoms with van der Waals surface area (Å²) in [4.78, 5) is 0. The highest BCUT2D eigenvalue weighted by Crippen LogP contribution is 2.35. The predicted octanol–water partition coefficient (Wildman–Crippen LogP) is 4.15. The highest BCUT2D eigenvalue weighted by Gasteiger charge is 2.24. The van der Waals surface area contributed by atoms with Crippen molar-refractivity contribution in [3.8, 4) is 5.75 Å². The van der Waals surface area contributed by atoms with Crippen molar-refractivity contribution in [3.05, 3.63) is 28.3 Å². The van der Waals surface area contributed by atoms with Gasteiger partial charge in [-0.15, -0.1) is 0 Å². The van der Waals surface area contributed by atoms with Crippen LogP contribution in [0.2, 0.25) is 5.02 Å². The third-order valence-corrected chi connectivity index (χ3v) is 4.92. The van der Waals surface area contributed by atoms with E-state index in [1.54, 1.807) is 0 Å². The molecule has 0 spiro atoms. The molecule has 1 heterocycles. The zero-order chi connectivity index (χ0) is 13.9. The fourth-order valence-corrected chi connectivity index (χ4v) is 3.85. The first-order valence-corrected chi connectivity index (χ1v) is 8.24. The summed E-state index contributed by atoms with van der Waals surface area (Å²) in [6.45, 7) is 0.738. The lowest BCUT2D eigenvalue weighted by molar-refractivity contribution is 0.0979. The Hall–Kier alpha value is -0.730. The van der Waals surface area contributed by atoms with Gasteiger partial charge in [0.25, 0.3) is 0 Å². The van der Waals surface area contributed by atoms with Crippen molar-refractivity contribution in [2.75, 3.05) is 6.61 Å². The maximum absolute atomic E-state index is 10.6. The molecule has 0 amide bonds. The summed E-state index contributed by atoms with van der Waals surface area (Å²) in [6.07, 6.45) is 8.81. The van der Waals surface area contributed by atoms with Crippen molar-refractivity contribution in [1.29, 1.82) is 0 Å². The Labute approximate surface area is 126 Å². The highest BCUT2D eigenvalue weighted by atomic mass is 35.5. The normalized spacial score (nSPS) is 21.1. The molecule has 1 aliphatic carbocycles. The molecule has 0 bridgehead atoms. The minimum absolute atomic E-state index is 0.264. The minimum Gasteiger partial charge on any atom is -0.493 e. The lowest BCUT2D eigenvalue weighted by Gasteiger charge is -2.22. The molecule has 20 heavy (non-hydrogen) atoms. The van der Waals surface area contributed by atoms with Gasteiger partial charge < -0.3 is 9.84 Å². The van der Waals surface area contributed by atoms with Gasteiger partial charge in [0.2, 0.25) is 0 Å². The Morgan fingerprint density at radius 1 is 1.20 bits per heavy atom. The van der Waals surface area contributed by atoms with Crippen LogP contribution in [0.4, 0.5) is 0 Å². The van der Waals surface area contributed by atoms with Crippen molar-refractivity contribution in [2.24, 2.45) is 5.92 Å². The van der Waals surface area contributed by atoms with E-state index in [0.29, 0.717) is 12.3 Å². The summed E-state index contributed by atoms with van der Waals surface area (Å²) in [5, 5.41) is 11.3. The number of benzene rings is 1. The SMILES string of the molecule is OC(Cc1cc(Cl)cc2c1OCC2)C1CCCCCC1. The molecule has 1 N–H and O–H groups in total. The quantitative estimate of drug-likeness (QED) is 0.849. The molecule has 1 aliphatic heterocycles. The van der Waals surface area contributed by atoms with Crippen molar-refractivity contribution < 1.29 is 9.84 Å². The van der Waals surface area contributed by atoms with Gasteiger partial charge in [0.1, 0.15) is 5.75 Å². The van der Waals surface area contributed by atoms with E-state index in [9.17, 15) is 5.11 Å².